The van der Waals surface area contributed by atoms with Crippen molar-refractivity contribution in [1.29, 1.82) is 0 Å². The number of hydrogen-bond acceptors (Lipinski definition) is 4. The highest BCUT2D eigenvalue weighted by atomic mass is 35.5. The van der Waals surface area contributed by atoms with Crippen molar-refractivity contribution in [2.45, 2.75) is 31.3 Å². The normalized spacial score (nSPS) is 12.1. The standard InChI is InChI=1S/C23H23ClN2O4S/c1-3-17-8-4-7-11-22(17)30-16(2)23(27)25-18-12-14-19(15-13-18)31(28,29)26-21-10-6-5-9-20(21)24/h4-16,26H,3H2,1-2H3,(H,25,27)/t16-/m1/s1. The highest BCUT2D eigenvalue weighted by Crippen LogP contribution is 2.25. The van der Waals surface area contributed by atoms with Crippen molar-refractivity contribution in [3.05, 3.63) is 83.4 Å². The van der Waals surface area contributed by atoms with E-state index < -0.39 is 16.1 Å². The van der Waals surface area contributed by atoms with Crippen molar-refractivity contribution in [2.75, 3.05) is 10.0 Å². The third-order valence-electron chi connectivity index (χ3n) is 4.58. The molecule has 1 atom stereocenters. The second-order valence-electron chi connectivity index (χ2n) is 6.82. The molecule has 0 bridgehead atoms. The molecule has 162 valence electrons. The molecule has 0 heterocycles. The van der Waals surface area contributed by atoms with E-state index in [2.05, 4.69) is 10.0 Å². The number of ether oxygens (including phenoxy) is 1. The number of aryl methyl sites for hydroxylation is 1. The lowest BCUT2D eigenvalue weighted by Gasteiger charge is -2.17. The van der Waals surface area contributed by atoms with E-state index in [0.29, 0.717) is 22.1 Å². The van der Waals surface area contributed by atoms with Crippen LogP contribution in [0.4, 0.5) is 11.4 Å². The molecule has 3 rings (SSSR count). The summed E-state index contributed by atoms with van der Waals surface area (Å²) in [6.07, 6.45) is 0.0702. The van der Waals surface area contributed by atoms with Crippen molar-refractivity contribution in [3.63, 3.8) is 0 Å². The van der Waals surface area contributed by atoms with Crippen LogP contribution in [0.3, 0.4) is 0 Å². The highest BCUT2D eigenvalue weighted by Gasteiger charge is 2.18. The minimum absolute atomic E-state index is 0.0478. The molecule has 0 saturated heterocycles. The molecule has 0 fully saturated rings. The minimum Gasteiger partial charge on any atom is -0.481 e. The summed E-state index contributed by atoms with van der Waals surface area (Å²) >= 11 is 6.02. The number of rotatable bonds is 8. The first kappa shape index (κ1) is 22.7. The molecule has 31 heavy (non-hydrogen) atoms. The highest BCUT2D eigenvalue weighted by molar-refractivity contribution is 7.92. The summed E-state index contributed by atoms with van der Waals surface area (Å²) in [6, 6.07) is 20.0. The third kappa shape index (κ3) is 5.77. The van der Waals surface area contributed by atoms with Gasteiger partial charge in [0.05, 0.1) is 15.6 Å². The molecule has 0 aliphatic rings. The smallest absolute Gasteiger partial charge is 0.265 e. The molecule has 0 saturated carbocycles. The molecule has 6 nitrogen and oxygen atoms in total. The van der Waals surface area contributed by atoms with E-state index in [0.717, 1.165) is 12.0 Å². The molecule has 0 spiro atoms. The first-order valence-corrected chi connectivity index (χ1v) is 11.6. The van der Waals surface area contributed by atoms with Gasteiger partial charge in [-0.3, -0.25) is 9.52 Å². The average Bonchev–Trinajstić information content (AvgIpc) is 2.76. The molecule has 2 N–H and O–H groups in total. The second-order valence-corrected chi connectivity index (χ2v) is 8.91. The fourth-order valence-electron chi connectivity index (χ4n) is 2.86. The van der Waals surface area contributed by atoms with Crippen LogP contribution in [0.15, 0.2) is 77.7 Å². The topological polar surface area (TPSA) is 84.5 Å². The van der Waals surface area contributed by atoms with Crippen LogP contribution in [-0.2, 0) is 21.2 Å². The van der Waals surface area contributed by atoms with E-state index >= 15 is 0 Å². The summed E-state index contributed by atoms with van der Waals surface area (Å²) in [5.74, 6) is 0.329. The number of amides is 1. The van der Waals surface area contributed by atoms with Gasteiger partial charge in [-0.2, -0.15) is 0 Å². The van der Waals surface area contributed by atoms with Crippen LogP contribution in [0.5, 0.6) is 5.75 Å². The Labute approximate surface area is 187 Å². The van der Waals surface area contributed by atoms with Gasteiger partial charge in [-0.25, -0.2) is 8.42 Å². The Morgan fingerprint density at radius 2 is 1.65 bits per heavy atom. The van der Waals surface area contributed by atoms with Crippen LogP contribution in [0, 0.1) is 0 Å². The maximum absolute atomic E-state index is 12.6. The maximum atomic E-state index is 12.6. The monoisotopic (exact) mass is 458 g/mol. The molecule has 1 amide bonds. The summed E-state index contributed by atoms with van der Waals surface area (Å²) in [5, 5.41) is 3.04. The van der Waals surface area contributed by atoms with Crippen LogP contribution in [-0.4, -0.2) is 20.4 Å². The molecule has 3 aromatic carbocycles. The summed E-state index contributed by atoms with van der Waals surface area (Å²) in [6.45, 7) is 3.68. The zero-order valence-corrected chi connectivity index (χ0v) is 18.7. The lowest BCUT2D eigenvalue weighted by molar-refractivity contribution is -0.122. The molecular formula is C23H23ClN2O4S. The molecule has 0 aromatic heterocycles. The van der Waals surface area contributed by atoms with Crippen LogP contribution in [0.2, 0.25) is 5.02 Å². The first-order chi connectivity index (χ1) is 14.8. The number of nitrogens with one attached hydrogen (secondary N) is 2. The largest absolute Gasteiger partial charge is 0.481 e. The summed E-state index contributed by atoms with van der Waals surface area (Å²) in [7, 11) is -3.82. The van der Waals surface area contributed by atoms with Crippen LogP contribution in [0.1, 0.15) is 19.4 Å². The minimum atomic E-state index is -3.82. The number of anilines is 2. The maximum Gasteiger partial charge on any atom is 0.265 e. The second kappa shape index (κ2) is 9.85. The van der Waals surface area contributed by atoms with E-state index in [-0.39, 0.29) is 10.8 Å². The Kier molecular flexibility index (Phi) is 7.20. The quantitative estimate of drug-likeness (QED) is 0.491. The third-order valence-corrected chi connectivity index (χ3v) is 6.29. The van der Waals surface area contributed by atoms with E-state index in [9.17, 15) is 13.2 Å². The van der Waals surface area contributed by atoms with Gasteiger partial charge in [0.15, 0.2) is 6.10 Å². The molecule has 0 radical (unpaired) electrons. The SMILES string of the molecule is CCc1ccccc1O[C@H](C)C(=O)Nc1ccc(S(=O)(=O)Nc2ccccc2Cl)cc1. The molecule has 0 aliphatic carbocycles. The van der Waals surface area contributed by atoms with E-state index in [1.54, 1.807) is 31.2 Å². The van der Waals surface area contributed by atoms with E-state index in [1.807, 2.05) is 31.2 Å². The van der Waals surface area contributed by atoms with Crippen molar-refractivity contribution in [1.82, 2.24) is 0 Å². The van der Waals surface area contributed by atoms with E-state index in [4.69, 9.17) is 16.3 Å². The van der Waals surface area contributed by atoms with Gasteiger partial charge in [-0.1, -0.05) is 48.9 Å². The Morgan fingerprint density at radius 3 is 2.32 bits per heavy atom. The van der Waals surface area contributed by atoms with Gasteiger partial charge in [-0.05, 0) is 61.4 Å². The summed E-state index contributed by atoms with van der Waals surface area (Å²) in [4.78, 5) is 12.5. The lowest BCUT2D eigenvalue weighted by atomic mass is 10.1. The van der Waals surface area contributed by atoms with Crippen LogP contribution >= 0.6 is 11.6 Å². The van der Waals surface area contributed by atoms with Crippen molar-refractivity contribution < 1.29 is 17.9 Å². The average molecular weight is 459 g/mol. The fraction of sp³-hybridized carbons (Fsp3) is 0.174. The zero-order valence-electron chi connectivity index (χ0n) is 17.1. The molecular weight excluding hydrogens is 436 g/mol. The van der Waals surface area contributed by atoms with Gasteiger partial charge in [0, 0.05) is 5.69 Å². The Hall–Kier alpha value is -3.03. The number of benzene rings is 3. The van der Waals surface area contributed by atoms with Gasteiger partial charge in [0.25, 0.3) is 15.9 Å². The zero-order chi connectivity index (χ0) is 22.4. The Balaban J connectivity index is 1.65. The van der Waals surface area contributed by atoms with Gasteiger partial charge in [0.1, 0.15) is 5.75 Å². The number of sulfonamides is 1. The number of carbonyl (C=O) groups is 1. The summed E-state index contributed by atoms with van der Waals surface area (Å²) in [5.41, 5.74) is 1.77. The number of halogens is 1. The fourth-order valence-corrected chi connectivity index (χ4v) is 4.18. The first-order valence-electron chi connectivity index (χ1n) is 9.73. The molecule has 0 aliphatic heterocycles. The van der Waals surface area contributed by atoms with Crippen LogP contribution < -0.4 is 14.8 Å². The number of carbonyl (C=O) groups excluding carboxylic acids is 1. The number of hydrogen-bond donors (Lipinski definition) is 2. The molecule has 8 heteroatoms. The van der Waals surface area contributed by atoms with Gasteiger partial charge < -0.3 is 10.1 Å². The molecule has 3 aromatic rings. The van der Waals surface area contributed by atoms with E-state index in [1.165, 1.54) is 24.3 Å². The predicted octanol–water partition coefficient (Wildman–Crippen LogP) is 5.11. The van der Waals surface area contributed by atoms with Crippen molar-refractivity contribution in [3.8, 4) is 5.75 Å². The van der Waals surface area contributed by atoms with Crippen molar-refractivity contribution >= 4 is 38.9 Å². The van der Waals surface area contributed by atoms with Crippen LogP contribution in [0.25, 0.3) is 0 Å². The summed E-state index contributed by atoms with van der Waals surface area (Å²) < 4.78 is 33.4. The number of para-hydroxylation sites is 2. The van der Waals surface area contributed by atoms with Gasteiger partial charge >= 0.3 is 0 Å². The Morgan fingerprint density at radius 1 is 1.00 bits per heavy atom. The molecule has 0 unspecified atom stereocenters. The Bertz CT molecular complexity index is 1160. The van der Waals surface area contributed by atoms with Crippen molar-refractivity contribution in [2.24, 2.45) is 0 Å². The van der Waals surface area contributed by atoms with Gasteiger partial charge in [-0.15, -0.1) is 0 Å². The predicted molar refractivity (Wildman–Crippen MR) is 123 cm³/mol. The lowest BCUT2D eigenvalue weighted by Crippen LogP contribution is -2.30. The van der Waals surface area contributed by atoms with Gasteiger partial charge in [0.2, 0.25) is 0 Å².